The van der Waals surface area contributed by atoms with Gasteiger partial charge in [-0.05, 0) is 37.1 Å². The molecule has 2 atom stereocenters. The van der Waals surface area contributed by atoms with Gasteiger partial charge in [0.1, 0.15) is 30.4 Å². The van der Waals surface area contributed by atoms with Gasteiger partial charge in [-0.25, -0.2) is 0 Å². The second-order valence-corrected chi connectivity index (χ2v) is 6.44. The SMILES string of the molecule is C[C@@H]1CCC[NH+](CCOc2cccc(Oc3ccccc3)c2)C1. The third-order valence-corrected chi connectivity index (χ3v) is 4.37. The number of nitrogens with one attached hydrogen (secondary N) is 1. The molecule has 0 aliphatic carbocycles. The molecule has 1 aliphatic rings. The first kappa shape index (κ1) is 15.9. The molecular formula is C20H26NO2+. The minimum absolute atomic E-state index is 0.761. The minimum atomic E-state index is 0.761. The maximum absolute atomic E-state index is 5.92. The summed E-state index contributed by atoms with van der Waals surface area (Å²) in [4.78, 5) is 1.67. The standard InChI is InChI=1S/C20H25NO2/c1-17-7-6-12-21(16-17)13-14-22-19-10-5-11-20(15-19)23-18-8-3-2-4-9-18/h2-5,8-11,15,17H,6-7,12-14,16H2,1H3/p+1/t17-/m1/s1. The van der Waals surface area contributed by atoms with Crippen LogP contribution in [-0.2, 0) is 0 Å². The van der Waals surface area contributed by atoms with E-state index in [0.717, 1.165) is 36.3 Å². The molecule has 1 N–H and O–H groups in total. The van der Waals surface area contributed by atoms with Crippen LogP contribution in [0.5, 0.6) is 17.2 Å². The van der Waals surface area contributed by atoms with Crippen LogP contribution < -0.4 is 14.4 Å². The lowest BCUT2D eigenvalue weighted by Crippen LogP contribution is -3.14. The lowest BCUT2D eigenvalue weighted by atomic mass is 10.0. The topological polar surface area (TPSA) is 22.9 Å². The second-order valence-electron chi connectivity index (χ2n) is 6.44. The average molecular weight is 312 g/mol. The summed E-state index contributed by atoms with van der Waals surface area (Å²) in [5.74, 6) is 3.38. The van der Waals surface area contributed by atoms with E-state index in [2.05, 4.69) is 6.92 Å². The van der Waals surface area contributed by atoms with Crippen molar-refractivity contribution in [2.75, 3.05) is 26.2 Å². The highest BCUT2D eigenvalue weighted by Crippen LogP contribution is 2.24. The number of rotatable bonds is 6. The van der Waals surface area contributed by atoms with Crippen molar-refractivity contribution in [2.45, 2.75) is 19.8 Å². The Labute approximate surface area is 138 Å². The second kappa shape index (κ2) is 8.02. The molecule has 0 radical (unpaired) electrons. The molecular weight excluding hydrogens is 286 g/mol. The maximum Gasteiger partial charge on any atom is 0.137 e. The maximum atomic E-state index is 5.92. The summed E-state index contributed by atoms with van der Waals surface area (Å²) in [5, 5.41) is 0. The van der Waals surface area contributed by atoms with E-state index in [0.29, 0.717) is 0 Å². The molecule has 0 aromatic heterocycles. The lowest BCUT2D eigenvalue weighted by molar-refractivity contribution is -0.908. The first-order valence-corrected chi connectivity index (χ1v) is 8.59. The van der Waals surface area contributed by atoms with Crippen LogP contribution in [0.3, 0.4) is 0 Å². The smallest absolute Gasteiger partial charge is 0.137 e. The molecule has 1 saturated heterocycles. The monoisotopic (exact) mass is 312 g/mol. The van der Waals surface area contributed by atoms with E-state index in [-0.39, 0.29) is 0 Å². The molecule has 2 aromatic carbocycles. The zero-order valence-electron chi connectivity index (χ0n) is 13.8. The van der Waals surface area contributed by atoms with Crippen molar-refractivity contribution in [3.05, 3.63) is 54.6 Å². The van der Waals surface area contributed by atoms with Crippen LogP contribution in [-0.4, -0.2) is 26.2 Å². The van der Waals surface area contributed by atoms with Crippen molar-refractivity contribution >= 4 is 0 Å². The van der Waals surface area contributed by atoms with Gasteiger partial charge in [0.15, 0.2) is 0 Å². The predicted octanol–water partition coefficient (Wildman–Crippen LogP) is 3.17. The van der Waals surface area contributed by atoms with E-state index in [4.69, 9.17) is 9.47 Å². The van der Waals surface area contributed by atoms with Crippen molar-refractivity contribution in [3.63, 3.8) is 0 Å². The van der Waals surface area contributed by atoms with Gasteiger partial charge < -0.3 is 14.4 Å². The summed E-state index contributed by atoms with van der Waals surface area (Å²) >= 11 is 0. The quantitative estimate of drug-likeness (QED) is 0.885. The third-order valence-electron chi connectivity index (χ3n) is 4.37. The molecule has 3 rings (SSSR count). The number of ether oxygens (including phenoxy) is 2. The molecule has 1 unspecified atom stereocenters. The van der Waals surface area contributed by atoms with Crippen molar-refractivity contribution in [1.82, 2.24) is 0 Å². The molecule has 3 heteroatoms. The largest absolute Gasteiger partial charge is 0.488 e. The fourth-order valence-electron chi connectivity index (χ4n) is 3.19. The number of hydrogen-bond donors (Lipinski definition) is 1. The van der Waals surface area contributed by atoms with Crippen molar-refractivity contribution < 1.29 is 14.4 Å². The Hall–Kier alpha value is -2.00. The highest BCUT2D eigenvalue weighted by molar-refractivity contribution is 5.36. The van der Waals surface area contributed by atoms with Gasteiger partial charge in [-0.15, -0.1) is 0 Å². The molecule has 0 bridgehead atoms. The molecule has 1 fully saturated rings. The Morgan fingerprint density at radius 1 is 1.00 bits per heavy atom. The van der Waals surface area contributed by atoms with E-state index < -0.39 is 0 Å². The summed E-state index contributed by atoms with van der Waals surface area (Å²) in [5.41, 5.74) is 0. The van der Waals surface area contributed by atoms with Crippen molar-refractivity contribution in [2.24, 2.45) is 5.92 Å². The van der Waals surface area contributed by atoms with E-state index in [9.17, 15) is 0 Å². The van der Waals surface area contributed by atoms with Crippen molar-refractivity contribution in [1.29, 1.82) is 0 Å². The van der Waals surface area contributed by atoms with Gasteiger partial charge in [-0.1, -0.05) is 31.2 Å². The van der Waals surface area contributed by atoms with E-state index in [1.807, 2.05) is 54.6 Å². The molecule has 1 aliphatic heterocycles. The fourth-order valence-corrected chi connectivity index (χ4v) is 3.19. The Balaban J connectivity index is 1.49. The summed E-state index contributed by atoms with van der Waals surface area (Å²) in [7, 11) is 0. The first-order valence-electron chi connectivity index (χ1n) is 8.59. The van der Waals surface area contributed by atoms with Crippen molar-refractivity contribution in [3.8, 4) is 17.2 Å². The summed E-state index contributed by atoms with van der Waals surface area (Å²) in [6.07, 6.45) is 2.72. The Morgan fingerprint density at radius 2 is 1.78 bits per heavy atom. The molecule has 0 spiro atoms. The Morgan fingerprint density at radius 3 is 2.61 bits per heavy atom. The lowest BCUT2D eigenvalue weighted by Gasteiger charge is -2.27. The molecule has 122 valence electrons. The number of hydrogen-bond acceptors (Lipinski definition) is 2. The van der Waals surface area contributed by atoms with Crippen LogP contribution in [0, 0.1) is 5.92 Å². The average Bonchev–Trinajstić information content (AvgIpc) is 2.56. The number of benzene rings is 2. The number of quaternary nitrogens is 1. The number of para-hydroxylation sites is 1. The van der Waals surface area contributed by atoms with Gasteiger partial charge in [-0.2, -0.15) is 0 Å². The van der Waals surface area contributed by atoms with E-state index >= 15 is 0 Å². The third kappa shape index (κ3) is 5.00. The molecule has 23 heavy (non-hydrogen) atoms. The van der Waals surface area contributed by atoms with Crippen LogP contribution in [0.2, 0.25) is 0 Å². The van der Waals surface area contributed by atoms with Crippen LogP contribution in [0.25, 0.3) is 0 Å². The van der Waals surface area contributed by atoms with Crippen LogP contribution in [0.4, 0.5) is 0 Å². The zero-order valence-corrected chi connectivity index (χ0v) is 13.8. The minimum Gasteiger partial charge on any atom is -0.488 e. The van der Waals surface area contributed by atoms with Gasteiger partial charge in [0.25, 0.3) is 0 Å². The Bertz CT molecular complexity index is 600. The van der Waals surface area contributed by atoms with E-state index in [1.54, 1.807) is 4.90 Å². The van der Waals surface area contributed by atoms with Gasteiger partial charge in [0, 0.05) is 12.0 Å². The van der Waals surface area contributed by atoms with Crippen LogP contribution >= 0.6 is 0 Å². The van der Waals surface area contributed by atoms with E-state index in [1.165, 1.54) is 25.9 Å². The predicted molar refractivity (Wildman–Crippen MR) is 92.4 cm³/mol. The fraction of sp³-hybridized carbons (Fsp3) is 0.400. The van der Waals surface area contributed by atoms with Gasteiger partial charge in [0.05, 0.1) is 13.1 Å². The molecule has 3 nitrogen and oxygen atoms in total. The van der Waals surface area contributed by atoms with Gasteiger partial charge in [0.2, 0.25) is 0 Å². The number of likely N-dealkylation sites (tertiary alicyclic amines) is 1. The first-order chi connectivity index (χ1) is 11.3. The molecule has 0 saturated carbocycles. The van der Waals surface area contributed by atoms with Crippen LogP contribution in [0.1, 0.15) is 19.8 Å². The highest BCUT2D eigenvalue weighted by atomic mass is 16.5. The summed E-state index contributed by atoms with van der Waals surface area (Å²) < 4.78 is 11.8. The van der Waals surface area contributed by atoms with Gasteiger partial charge in [-0.3, -0.25) is 0 Å². The highest BCUT2D eigenvalue weighted by Gasteiger charge is 2.19. The van der Waals surface area contributed by atoms with Gasteiger partial charge >= 0.3 is 0 Å². The molecule has 0 amide bonds. The summed E-state index contributed by atoms with van der Waals surface area (Å²) in [6.45, 7) is 6.75. The summed E-state index contributed by atoms with van der Waals surface area (Å²) in [6, 6.07) is 17.7. The Kier molecular flexibility index (Phi) is 5.54. The molecule has 1 heterocycles. The number of piperidine rings is 1. The normalized spacial score (nSPS) is 20.9. The van der Waals surface area contributed by atoms with Crippen LogP contribution in [0.15, 0.2) is 54.6 Å². The zero-order chi connectivity index (χ0) is 15.9. The molecule has 2 aromatic rings.